The number of aryl methyl sites for hydroxylation is 2. The topological polar surface area (TPSA) is 42.0 Å². The van der Waals surface area contributed by atoms with Crippen LogP contribution in [-0.4, -0.2) is 16.2 Å². The van der Waals surface area contributed by atoms with E-state index in [-0.39, 0.29) is 5.91 Å². The molecule has 0 aliphatic rings. The molecule has 0 aliphatic heterocycles. The first-order chi connectivity index (χ1) is 9.19. The van der Waals surface area contributed by atoms with E-state index >= 15 is 0 Å². The Morgan fingerprint density at radius 3 is 2.63 bits per heavy atom. The lowest BCUT2D eigenvalue weighted by Gasteiger charge is -2.06. The number of hydrogen-bond donors (Lipinski definition) is 1. The third kappa shape index (κ3) is 3.89. The van der Waals surface area contributed by atoms with E-state index in [2.05, 4.69) is 26.2 Å². The number of aromatic nitrogens is 1. The number of rotatable bonds is 4. The lowest BCUT2D eigenvalue weighted by Crippen LogP contribution is -2.12. The molecule has 1 amide bonds. The van der Waals surface area contributed by atoms with Gasteiger partial charge in [-0.15, -0.1) is 0 Å². The van der Waals surface area contributed by atoms with Crippen LogP contribution in [0.5, 0.6) is 0 Å². The lowest BCUT2D eigenvalue weighted by molar-refractivity contribution is 0.102. The molecule has 2 rings (SSSR count). The van der Waals surface area contributed by atoms with Gasteiger partial charge in [0.05, 0.1) is 0 Å². The Hall–Kier alpha value is -1.68. The highest BCUT2D eigenvalue weighted by molar-refractivity contribution is 9.09. The minimum Gasteiger partial charge on any atom is -0.322 e. The normalized spacial score (nSPS) is 10.2. The van der Waals surface area contributed by atoms with Crippen molar-refractivity contribution in [3.63, 3.8) is 0 Å². The first-order valence-corrected chi connectivity index (χ1v) is 7.20. The maximum atomic E-state index is 12.0. The van der Waals surface area contributed by atoms with Crippen LogP contribution in [-0.2, 0) is 6.42 Å². The number of pyridine rings is 1. The van der Waals surface area contributed by atoms with Crippen LogP contribution in [0.4, 0.5) is 5.69 Å². The highest BCUT2D eigenvalue weighted by atomic mass is 79.9. The summed E-state index contributed by atoms with van der Waals surface area (Å²) in [6, 6.07) is 11.4. The number of nitrogens with zero attached hydrogens (tertiary/aromatic N) is 1. The van der Waals surface area contributed by atoms with E-state index in [0.29, 0.717) is 5.56 Å². The van der Waals surface area contributed by atoms with Gasteiger partial charge in [0.15, 0.2) is 0 Å². The van der Waals surface area contributed by atoms with Gasteiger partial charge in [-0.05, 0) is 43.2 Å². The minimum absolute atomic E-state index is 0.112. The van der Waals surface area contributed by atoms with Crippen molar-refractivity contribution in [3.05, 3.63) is 59.4 Å². The second-order valence-electron chi connectivity index (χ2n) is 4.28. The predicted molar refractivity (Wildman–Crippen MR) is 80.9 cm³/mol. The molecule has 2 aromatic rings. The summed E-state index contributed by atoms with van der Waals surface area (Å²) >= 11 is 3.41. The fourth-order valence-corrected chi connectivity index (χ4v) is 2.21. The number of carbonyl (C=O) groups is 1. The number of anilines is 1. The van der Waals surface area contributed by atoms with Crippen LogP contribution >= 0.6 is 15.9 Å². The van der Waals surface area contributed by atoms with Crippen molar-refractivity contribution in [2.45, 2.75) is 13.3 Å². The standard InChI is InChI=1S/C15H15BrN2O/c1-11-10-13(7-9-17-11)15(19)18-14-4-2-12(3-5-14)6-8-16/h2-5,7,9-10H,6,8H2,1H3,(H,18,19). The molecule has 0 atom stereocenters. The van der Waals surface area contributed by atoms with E-state index in [4.69, 9.17) is 0 Å². The second kappa shape index (κ2) is 6.48. The van der Waals surface area contributed by atoms with Gasteiger partial charge < -0.3 is 5.32 Å². The zero-order valence-electron chi connectivity index (χ0n) is 10.7. The van der Waals surface area contributed by atoms with Crippen LogP contribution in [0.1, 0.15) is 21.6 Å². The molecule has 1 N–H and O–H groups in total. The number of carbonyl (C=O) groups excluding carboxylic acids is 1. The quantitative estimate of drug-likeness (QED) is 0.875. The van der Waals surface area contributed by atoms with Gasteiger partial charge in [0.1, 0.15) is 0 Å². The monoisotopic (exact) mass is 318 g/mol. The van der Waals surface area contributed by atoms with Crippen LogP contribution in [0.2, 0.25) is 0 Å². The van der Waals surface area contributed by atoms with Crippen LogP contribution < -0.4 is 5.32 Å². The summed E-state index contributed by atoms with van der Waals surface area (Å²) in [4.78, 5) is 16.1. The van der Waals surface area contributed by atoms with Gasteiger partial charge >= 0.3 is 0 Å². The van der Waals surface area contributed by atoms with E-state index < -0.39 is 0 Å². The predicted octanol–water partition coefficient (Wildman–Crippen LogP) is 3.58. The molecular weight excluding hydrogens is 304 g/mol. The average Bonchev–Trinajstić information content (AvgIpc) is 2.41. The number of nitrogens with one attached hydrogen (secondary N) is 1. The molecule has 0 saturated heterocycles. The molecular formula is C15H15BrN2O. The smallest absolute Gasteiger partial charge is 0.255 e. The zero-order chi connectivity index (χ0) is 13.7. The molecule has 1 aromatic carbocycles. The first kappa shape index (κ1) is 13.7. The summed E-state index contributed by atoms with van der Waals surface area (Å²) in [5.41, 5.74) is 3.50. The summed E-state index contributed by atoms with van der Waals surface area (Å²) in [6.07, 6.45) is 2.63. The Labute approximate surface area is 121 Å². The highest BCUT2D eigenvalue weighted by Gasteiger charge is 2.06. The molecule has 19 heavy (non-hydrogen) atoms. The fourth-order valence-electron chi connectivity index (χ4n) is 1.75. The van der Waals surface area contributed by atoms with Crippen molar-refractivity contribution in [2.24, 2.45) is 0 Å². The van der Waals surface area contributed by atoms with Crippen molar-refractivity contribution < 1.29 is 4.79 Å². The fraction of sp³-hybridized carbons (Fsp3) is 0.200. The van der Waals surface area contributed by atoms with Crippen molar-refractivity contribution >= 4 is 27.5 Å². The molecule has 4 heteroatoms. The van der Waals surface area contributed by atoms with Crippen molar-refractivity contribution in [3.8, 4) is 0 Å². The van der Waals surface area contributed by atoms with Gasteiger partial charge in [-0.2, -0.15) is 0 Å². The third-order valence-corrected chi connectivity index (χ3v) is 3.15. The van der Waals surface area contributed by atoms with E-state index in [1.54, 1.807) is 18.3 Å². The number of alkyl halides is 1. The summed E-state index contributed by atoms with van der Waals surface area (Å²) in [5, 5.41) is 3.82. The molecule has 0 fully saturated rings. The Morgan fingerprint density at radius 1 is 1.26 bits per heavy atom. The van der Waals surface area contributed by atoms with Crippen LogP contribution in [0.25, 0.3) is 0 Å². The minimum atomic E-state index is -0.112. The Kier molecular flexibility index (Phi) is 4.68. The molecule has 1 heterocycles. The first-order valence-electron chi connectivity index (χ1n) is 6.08. The van der Waals surface area contributed by atoms with Gasteiger partial charge in [-0.1, -0.05) is 28.1 Å². The largest absolute Gasteiger partial charge is 0.322 e. The SMILES string of the molecule is Cc1cc(C(=O)Nc2ccc(CCBr)cc2)ccn1. The molecule has 98 valence electrons. The van der Waals surface area contributed by atoms with Crippen molar-refractivity contribution in [1.82, 2.24) is 4.98 Å². The maximum absolute atomic E-state index is 12.0. The Morgan fingerprint density at radius 2 is 2.00 bits per heavy atom. The van der Waals surface area contributed by atoms with E-state index in [1.807, 2.05) is 31.2 Å². The van der Waals surface area contributed by atoms with Gasteiger partial charge in [0, 0.05) is 28.5 Å². The number of halogens is 1. The maximum Gasteiger partial charge on any atom is 0.255 e. The van der Waals surface area contributed by atoms with Crippen molar-refractivity contribution in [1.29, 1.82) is 0 Å². The van der Waals surface area contributed by atoms with Crippen LogP contribution in [0, 0.1) is 6.92 Å². The number of hydrogen-bond acceptors (Lipinski definition) is 2. The Balaban J connectivity index is 2.06. The second-order valence-corrected chi connectivity index (χ2v) is 5.07. The van der Waals surface area contributed by atoms with Gasteiger partial charge in [-0.3, -0.25) is 9.78 Å². The van der Waals surface area contributed by atoms with E-state index in [1.165, 1.54) is 5.56 Å². The third-order valence-electron chi connectivity index (χ3n) is 2.75. The zero-order valence-corrected chi connectivity index (χ0v) is 12.3. The molecule has 0 radical (unpaired) electrons. The molecule has 0 bridgehead atoms. The van der Waals surface area contributed by atoms with Gasteiger partial charge in [0.25, 0.3) is 5.91 Å². The molecule has 0 unspecified atom stereocenters. The lowest BCUT2D eigenvalue weighted by atomic mass is 10.1. The number of benzene rings is 1. The van der Waals surface area contributed by atoms with Gasteiger partial charge in [-0.25, -0.2) is 0 Å². The van der Waals surface area contributed by atoms with Crippen molar-refractivity contribution in [2.75, 3.05) is 10.6 Å². The Bertz CT molecular complexity index is 567. The van der Waals surface area contributed by atoms with E-state index in [9.17, 15) is 4.79 Å². The molecule has 3 nitrogen and oxygen atoms in total. The van der Waals surface area contributed by atoms with Crippen LogP contribution in [0.3, 0.4) is 0 Å². The molecule has 0 spiro atoms. The average molecular weight is 319 g/mol. The number of amides is 1. The molecule has 0 saturated carbocycles. The van der Waals surface area contributed by atoms with E-state index in [0.717, 1.165) is 23.1 Å². The summed E-state index contributed by atoms with van der Waals surface area (Å²) in [7, 11) is 0. The molecule has 1 aromatic heterocycles. The summed E-state index contributed by atoms with van der Waals surface area (Å²) in [6.45, 7) is 1.87. The highest BCUT2D eigenvalue weighted by Crippen LogP contribution is 2.12. The molecule has 0 aliphatic carbocycles. The van der Waals surface area contributed by atoms with Crippen LogP contribution in [0.15, 0.2) is 42.6 Å². The van der Waals surface area contributed by atoms with Gasteiger partial charge in [0.2, 0.25) is 0 Å². The summed E-state index contributed by atoms with van der Waals surface area (Å²) < 4.78 is 0. The summed E-state index contributed by atoms with van der Waals surface area (Å²) in [5.74, 6) is -0.112.